The largest absolute Gasteiger partial charge is 0.466 e. The molecule has 0 aliphatic carbocycles. The Kier molecular flexibility index (Phi) is 5.58. The molecule has 1 aromatic carbocycles. The first-order chi connectivity index (χ1) is 10.1. The Morgan fingerprint density at radius 3 is 2.95 bits per heavy atom. The summed E-state index contributed by atoms with van der Waals surface area (Å²) in [6, 6.07) is 3.05. The highest BCUT2D eigenvalue weighted by Gasteiger charge is 2.13. The molecule has 2 rings (SSSR count). The zero-order valence-corrected chi connectivity index (χ0v) is 13.9. The molecule has 0 N–H and O–H groups in total. The SMILES string of the molecule is CCOC(=O)CCCn1c(CCl)nc2cc(Br)c(F)cc21. The summed E-state index contributed by atoms with van der Waals surface area (Å²) in [7, 11) is 0. The van der Waals surface area contributed by atoms with Crippen LogP contribution in [-0.4, -0.2) is 22.1 Å². The molecule has 1 heterocycles. The van der Waals surface area contributed by atoms with Crippen LogP contribution in [0.2, 0.25) is 0 Å². The van der Waals surface area contributed by atoms with Crippen molar-refractivity contribution in [2.45, 2.75) is 32.2 Å². The normalized spacial score (nSPS) is 11.0. The maximum Gasteiger partial charge on any atom is 0.305 e. The Hall–Kier alpha value is -1.14. The fraction of sp³-hybridized carbons (Fsp3) is 0.429. The lowest BCUT2D eigenvalue weighted by Gasteiger charge is -2.08. The number of imidazole rings is 1. The molecule has 2 aromatic rings. The van der Waals surface area contributed by atoms with Crippen LogP contribution >= 0.6 is 27.5 Å². The Morgan fingerprint density at radius 2 is 2.29 bits per heavy atom. The molecule has 0 amide bonds. The fourth-order valence-corrected chi connectivity index (χ4v) is 2.67. The summed E-state index contributed by atoms with van der Waals surface area (Å²) in [6.07, 6.45) is 0.903. The van der Waals surface area contributed by atoms with Gasteiger partial charge in [0.1, 0.15) is 11.6 Å². The van der Waals surface area contributed by atoms with Gasteiger partial charge in [0.05, 0.1) is 28.0 Å². The summed E-state index contributed by atoms with van der Waals surface area (Å²) in [4.78, 5) is 15.7. The number of aryl methyl sites for hydroxylation is 1. The molecule has 0 unspecified atom stereocenters. The van der Waals surface area contributed by atoms with E-state index in [1.165, 1.54) is 6.07 Å². The Labute approximate surface area is 135 Å². The van der Waals surface area contributed by atoms with Crippen molar-refractivity contribution in [1.82, 2.24) is 9.55 Å². The van der Waals surface area contributed by atoms with Crippen molar-refractivity contribution >= 4 is 44.5 Å². The number of rotatable bonds is 6. The van der Waals surface area contributed by atoms with E-state index < -0.39 is 0 Å². The van der Waals surface area contributed by atoms with E-state index in [1.807, 2.05) is 4.57 Å². The van der Waals surface area contributed by atoms with Gasteiger partial charge in [0.2, 0.25) is 0 Å². The number of alkyl halides is 1. The second kappa shape index (κ2) is 7.22. The van der Waals surface area contributed by atoms with Crippen LogP contribution in [0.15, 0.2) is 16.6 Å². The standard InChI is InChI=1S/C14H15BrClFN2O2/c1-2-21-14(20)4-3-5-19-12-7-10(17)9(15)6-11(12)18-13(19)8-16/h6-7H,2-5,8H2,1H3. The number of carbonyl (C=O) groups is 1. The molecule has 0 radical (unpaired) electrons. The molecule has 114 valence electrons. The van der Waals surface area contributed by atoms with Crippen LogP contribution in [0.1, 0.15) is 25.6 Å². The van der Waals surface area contributed by atoms with E-state index in [9.17, 15) is 9.18 Å². The number of benzene rings is 1. The fourth-order valence-electron chi connectivity index (χ4n) is 2.14. The molecule has 4 nitrogen and oxygen atoms in total. The lowest BCUT2D eigenvalue weighted by molar-refractivity contribution is -0.143. The number of halogens is 3. The topological polar surface area (TPSA) is 44.1 Å². The summed E-state index contributed by atoms with van der Waals surface area (Å²) in [5.41, 5.74) is 1.35. The number of nitrogens with zero attached hydrogens (tertiary/aromatic N) is 2. The first-order valence-corrected chi connectivity index (χ1v) is 7.95. The van der Waals surface area contributed by atoms with Crippen molar-refractivity contribution in [1.29, 1.82) is 0 Å². The molecule has 7 heteroatoms. The van der Waals surface area contributed by atoms with Crippen molar-refractivity contribution in [3.63, 3.8) is 0 Å². The predicted octanol–water partition coefficient (Wildman–Crippen LogP) is 4.02. The quantitative estimate of drug-likeness (QED) is 0.564. The van der Waals surface area contributed by atoms with E-state index in [0.29, 0.717) is 47.3 Å². The molecule has 21 heavy (non-hydrogen) atoms. The Bertz CT molecular complexity index is 660. The van der Waals surface area contributed by atoms with Gasteiger partial charge in [0, 0.05) is 19.0 Å². The summed E-state index contributed by atoms with van der Waals surface area (Å²) in [6.45, 7) is 2.69. The van der Waals surface area contributed by atoms with Crippen LogP contribution in [0.4, 0.5) is 4.39 Å². The average molecular weight is 378 g/mol. The molecule has 0 aliphatic rings. The minimum absolute atomic E-state index is 0.229. The van der Waals surface area contributed by atoms with Gasteiger partial charge >= 0.3 is 5.97 Å². The lowest BCUT2D eigenvalue weighted by atomic mass is 10.2. The van der Waals surface area contributed by atoms with Crippen LogP contribution in [0.3, 0.4) is 0 Å². The van der Waals surface area contributed by atoms with E-state index in [2.05, 4.69) is 20.9 Å². The molecule has 0 saturated heterocycles. The third kappa shape index (κ3) is 3.74. The van der Waals surface area contributed by atoms with Crippen molar-refractivity contribution < 1.29 is 13.9 Å². The van der Waals surface area contributed by atoms with E-state index in [-0.39, 0.29) is 17.7 Å². The number of hydrogen-bond acceptors (Lipinski definition) is 3. The minimum Gasteiger partial charge on any atom is -0.466 e. The smallest absolute Gasteiger partial charge is 0.305 e. The molecule has 0 bridgehead atoms. The monoisotopic (exact) mass is 376 g/mol. The van der Waals surface area contributed by atoms with Gasteiger partial charge in [-0.2, -0.15) is 0 Å². The van der Waals surface area contributed by atoms with Gasteiger partial charge in [0.15, 0.2) is 0 Å². The first-order valence-electron chi connectivity index (χ1n) is 6.62. The van der Waals surface area contributed by atoms with Crippen LogP contribution in [0.5, 0.6) is 0 Å². The highest BCUT2D eigenvalue weighted by molar-refractivity contribution is 9.10. The highest BCUT2D eigenvalue weighted by atomic mass is 79.9. The second-order valence-corrected chi connectivity index (χ2v) is 5.60. The molecular formula is C14H15BrClFN2O2. The van der Waals surface area contributed by atoms with Gasteiger partial charge in [-0.25, -0.2) is 9.37 Å². The summed E-state index contributed by atoms with van der Waals surface area (Å²) < 4.78 is 20.8. The predicted molar refractivity (Wildman–Crippen MR) is 82.8 cm³/mol. The molecule has 1 aromatic heterocycles. The zero-order valence-electron chi connectivity index (χ0n) is 11.5. The molecule has 0 fully saturated rings. The van der Waals surface area contributed by atoms with Crippen LogP contribution in [0.25, 0.3) is 11.0 Å². The number of fused-ring (bicyclic) bond motifs is 1. The van der Waals surface area contributed by atoms with Crippen LogP contribution in [-0.2, 0) is 22.0 Å². The number of ether oxygens (including phenoxy) is 1. The Balaban J connectivity index is 2.21. The number of hydrogen-bond donors (Lipinski definition) is 0. The number of aromatic nitrogens is 2. The zero-order chi connectivity index (χ0) is 15.4. The third-order valence-electron chi connectivity index (χ3n) is 3.06. The minimum atomic E-state index is -0.352. The van der Waals surface area contributed by atoms with Crippen LogP contribution in [0, 0.1) is 5.82 Å². The maximum absolute atomic E-state index is 13.7. The summed E-state index contributed by atoms with van der Waals surface area (Å²) in [5.74, 6) is 0.305. The van der Waals surface area contributed by atoms with Crippen molar-refractivity contribution in [2.75, 3.05) is 6.61 Å². The first kappa shape index (κ1) is 16.2. The van der Waals surface area contributed by atoms with Crippen molar-refractivity contribution in [2.24, 2.45) is 0 Å². The molecule has 0 saturated carbocycles. The molecule has 0 atom stereocenters. The average Bonchev–Trinajstić information content (AvgIpc) is 2.77. The lowest BCUT2D eigenvalue weighted by Crippen LogP contribution is -2.08. The third-order valence-corrected chi connectivity index (χ3v) is 3.90. The maximum atomic E-state index is 13.7. The van der Waals surface area contributed by atoms with Crippen LogP contribution < -0.4 is 0 Å². The Morgan fingerprint density at radius 1 is 1.52 bits per heavy atom. The number of carbonyl (C=O) groups excluding carboxylic acids is 1. The highest BCUT2D eigenvalue weighted by Crippen LogP contribution is 2.25. The van der Waals surface area contributed by atoms with E-state index >= 15 is 0 Å². The summed E-state index contributed by atoms with van der Waals surface area (Å²) >= 11 is 9.04. The summed E-state index contributed by atoms with van der Waals surface area (Å²) in [5, 5.41) is 0. The van der Waals surface area contributed by atoms with Gasteiger partial charge < -0.3 is 9.30 Å². The van der Waals surface area contributed by atoms with Crippen molar-refractivity contribution in [3.05, 3.63) is 28.2 Å². The number of esters is 1. The van der Waals surface area contributed by atoms with Gasteiger partial charge in [-0.1, -0.05) is 0 Å². The van der Waals surface area contributed by atoms with E-state index in [1.54, 1.807) is 13.0 Å². The molecular weight excluding hydrogens is 363 g/mol. The second-order valence-electron chi connectivity index (χ2n) is 4.48. The molecule has 0 aliphatic heterocycles. The van der Waals surface area contributed by atoms with Gasteiger partial charge in [-0.15, -0.1) is 11.6 Å². The van der Waals surface area contributed by atoms with E-state index in [4.69, 9.17) is 16.3 Å². The van der Waals surface area contributed by atoms with Gasteiger partial charge in [0.25, 0.3) is 0 Å². The van der Waals surface area contributed by atoms with Gasteiger partial charge in [-0.3, -0.25) is 4.79 Å². The van der Waals surface area contributed by atoms with E-state index in [0.717, 1.165) is 0 Å². The van der Waals surface area contributed by atoms with Crippen molar-refractivity contribution in [3.8, 4) is 0 Å². The van der Waals surface area contributed by atoms with Gasteiger partial charge in [-0.05, 0) is 35.3 Å². The molecule has 0 spiro atoms.